The molecule has 1 N–H and O–H groups in total. The highest BCUT2D eigenvalue weighted by molar-refractivity contribution is 5.85. The van der Waals surface area contributed by atoms with Gasteiger partial charge in [-0.3, -0.25) is 0 Å². The van der Waals surface area contributed by atoms with E-state index >= 15 is 0 Å². The van der Waals surface area contributed by atoms with Gasteiger partial charge in [-0.2, -0.15) is 0 Å². The van der Waals surface area contributed by atoms with Crippen LogP contribution >= 0.6 is 0 Å². The maximum absolute atomic E-state index is 11.0. The minimum Gasteiger partial charge on any atom is -0.475 e. The average Bonchev–Trinajstić information content (AvgIpc) is 2.75. The van der Waals surface area contributed by atoms with E-state index < -0.39 is 5.97 Å². The summed E-state index contributed by atoms with van der Waals surface area (Å²) in [4.78, 5) is 15.2. The summed E-state index contributed by atoms with van der Waals surface area (Å²) >= 11 is 0. The highest BCUT2D eigenvalue weighted by Gasteiger charge is 2.25. The van der Waals surface area contributed by atoms with Gasteiger partial charge in [0, 0.05) is 26.2 Å². The van der Waals surface area contributed by atoms with Crippen molar-refractivity contribution in [2.24, 2.45) is 0 Å². The predicted molar refractivity (Wildman–Crippen MR) is 57.0 cm³/mol. The molecule has 6 heteroatoms. The number of carbonyl (C=O) groups is 1. The molecule has 1 aromatic heterocycles. The number of carboxylic acids is 1. The van der Waals surface area contributed by atoms with E-state index in [4.69, 9.17) is 19.0 Å². The number of carboxylic acid groups (broad SMARTS) is 1. The largest absolute Gasteiger partial charge is 0.475 e. The van der Waals surface area contributed by atoms with Gasteiger partial charge in [-0.05, 0) is 12.8 Å². The number of hydrogen-bond donors (Lipinski definition) is 1. The van der Waals surface area contributed by atoms with Crippen molar-refractivity contribution >= 4 is 5.97 Å². The molecule has 0 bridgehead atoms. The monoisotopic (exact) mass is 241 g/mol. The van der Waals surface area contributed by atoms with Crippen molar-refractivity contribution in [3.8, 4) is 0 Å². The van der Waals surface area contributed by atoms with Crippen LogP contribution in [0.1, 0.15) is 40.9 Å². The third-order valence-electron chi connectivity index (χ3n) is 2.76. The second-order valence-electron chi connectivity index (χ2n) is 3.95. The van der Waals surface area contributed by atoms with Gasteiger partial charge in [0.15, 0.2) is 5.89 Å². The van der Waals surface area contributed by atoms with Crippen LogP contribution in [0.25, 0.3) is 0 Å². The lowest BCUT2D eigenvalue weighted by molar-refractivity contribution is 0.0641. The number of rotatable bonds is 4. The third kappa shape index (κ3) is 2.65. The van der Waals surface area contributed by atoms with Crippen molar-refractivity contribution in [2.45, 2.75) is 25.4 Å². The van der Waals surface area contributed by atoms with E-state index in [-0.39, 0.29) is 18.3 Å². The lowest BCUT2D eigenvalue weighted by Gasteiger charge is -2.18. The van der Waals surface area contributed by atoms with E-state index in [0.29, 0.717) is 24.8 Å². The predicted octanol–water partition coefficient (Wildman–Crippen LogP) is 1.41. The van der Waals surface area contributed by atoms with Crippen molar-refractivity contribution < 1.29 is 23.8 Å². The molecule has 94 valence electrons. The van der Waals surface area contributed by atoms with Gasteiger partial charge in [-0.25, -0.2) is 9.78 Å². The number of hydrogen-bond acceptors (Lipinski definition) is 5. The minimum atomic E-state index is -1.11. The van der Waals surface area contributed by atoms with Crippen LogP contribution in [-0.2, 0) is 16.1 Å². The first-order chi connectivity index (χ1) is 8.22. The minimum absolute atomic E-state index is 0.117. The van der Waals surface area contributed by atoms with Crippen molar-refractivity contribution in [1.29, 1.82) is 0 Å². The number of aromatic carboxylic acids is 1. The quantitative estimate of drug-likeness (QED) is 0.858. The number of methoxy groups -OCH3 is 1. The van der Waals surface area contributed by atoms with Crippen LogP contribution in [0.2, 0.25) is 0 Å². The van der Waals surface area contributed by atoms with Crippen molar-refractivity contribution in [3.63, 3.8) is 0 Å². The fourth-order valence-electron chi connectivity index (χ4n) is 1.89. The van der Waals surface area contributed by atoms with E-state index in [0.717, 1.165) is 12.8 Å². The maximum atomic E-state index is 11.0. The second kappa shape index (κ2) is 5.29. The Balaban J connectivity index is 2.22. The molecule has 6 nitrogen and oxygen atoms in total. The molecule has 0 saturated carbocycles. The summed E-state index contributed by atoms with van der Waals surface area (Å²) in [5.74, 6) is -0.596. The summed E-state index contributed by atoms with van der Waals surface area (Å²) in [5.41, 5.74) is 0.349. The molecule has 1 aliphatic rings. The number of nitrogens with zero attached hydrogens (tertiary/aromatic N) is 1. The fourth-order valence-corrected chi connectivity index (χ4v) is 1.89. The van der Waals surface area contributed by atoms with Crippen molar-refractivity contribution in [1.82, 2.24) is 4.98 Å². The maximum Gasteiger partial charge on any atom is 0.373 e. The zero-order chi connectivity index (χ0) is 12.3. The Kier molecular flexibility index (Phi) is 3.75. The van der Waals surface area contributed by atoms with Crippen molar-refractivity contribution in [3.05, 3.63) is 17.3 Å². The van der Waals surface area contributed by atoms with Crippen LogP contribution in [-0.4, -0.2) is 36.4 Å². The Morgan fingerprint density at radius 2 is 2.24 bits per heavy atom. The normalized spacial score (nSPS) is 17.2. The van der Waals surface area contributed by atoms with Gasteiger partial charge in [-0.1, -0.05) is 0 Å². The third-order valence-corrected chi connectivity index (χ3v) is 2.76. The van der Waals surface area contributed by atoms with Gasteiger partial charge >= 0.3 is 5.97 Å². The van der Waals surface area contributed by atoms with Crippen LogP contribution in [0.15, 0.2) is 4.42 Å². The van der Waals surface area contributed by atoms with E-state index in [1.54, 1.807) is 0 Å². The summed E-state index contributed by atoms with van der Waals surface area (Å²) in [6.07, 6.45) is 1.62. The molecule has 0 aliphatic carbocycles. The van der Waals surface area contributed by atoms with Gasteiger partial charge in [0.1, 0.15) is 5.69 Å². The summed E-state index contributed by atoms with van der Waals surface area (Å²) in [5, 5.41) is 8.99. The Labute approximate surface area is 98.5 Å². The highest BCUT2D eigenvalue weighted by Crippen LogP contribution is 2.28. The molecule has 0 atom stereocenters. The first-order valence-corrected chi connectivity index (χ1v) is 5.52. The first kappa shape index (κ1) is 12.1. The summed E-state index contributed by atoms with van der Waals surface area (Å²) in [6, 6.07) is 0. The summed E-state index contributed by atoms with van der Waals surface area (Å²) in [7, 11) is 1.49. The number of oxazole rings is 1. The number of ether oxygens (including phenoxy) is 2. The van der Waals surface area contributed by atoms with Crippen LogP contribution in [0, 0.1) is 0 Å². The molecule has 1 aromatic rings. The Bertz CT molecular complexity index is 395. The highest BCUT2D eigenvalue weighted by atomic mass is 16.5. The molecule has 0 radical (unpaired) electrons. The zero-order valence-corrected chi connectivity index (χ0v) is 9.64. The van der Waals surface area contributed by atoms with E-state index in [1.807, 2.05) is 0 Å². The Morgan fingerprint density at radius 3 is 2.82 bits per heavy atom. The molecule has 0 spiro atoms. The molecule has 17 heavy (non-hydrogen) atoms. The summed E-state index contributed by atoms with van der Waals surface area (Å²) < 4.78 is 15.5. The van der Waals surface area contributed by atoms with E-state index in [2.05, 4.69) is 4.98 Å². The average molecular weight is 241 g/mol. The van der Waals surface area contributed by atoms with Crippen molar-refractivity contribution in [2.75, 3.05) is 20.3 Å². The fraction of sp³-hybridized carbons (Fsp3) is 0.636. The molecular formula is C11H15NO5. The molecule has 0 unspecified atom stereocenters. The Hall–Kier alpha value is -1.40. The second-order valence-corrected chi connectivity index (χ2v) is 3.95. The van der Waals surface area contributed by atoms with Crippen LogP contribution in [0.3, 0.4) is 0 Å². The molecule has 0 aromatic carbocycles. The number of aromatic nitrogens is 1. The lowest BCUT2D eigenvalue weighted by Crippen LogP contribution is -2.14. The Morgan fingerprint density at radius 1 is 1.53 bits per heavy atom. The molecule has 2 rings (SSSR count). The van der Waals surface area contributed by atoms with Crippen LogP contribution in [0.5, 0.6) is 0 Å². The lowest BCUT2D eigenvalue weighted by atomic mass is 10.0. The first-order valence-electron chi connectivity index (χ1n) is 5.52. The van der Waals surface area contributed by atoms with Gasteiger partial charge in [0.05, 0.1) is 6.61 Å². The summed E-state index contributed by atoms with van der Waals surface area (Å²) in [6.45, 7) is 1.47. The van der Waals surface area contributed by atoms with Gasteiger partial charge in [-0.15, -0.1) is 0 Å². The van der Waals surface area contributed by atoms with E-state index in [9.17, 15) is 4.79 Å². The standard InChI is InChI=1S/C11H15NO5/c1-15-6-8-9(11(13)14)17-10(12-8)7-2-4-16-5-3-7/h7H,2-6H2,1H3,(H,13,14). The SMILES string of the molecule is COCc1nc(C2CCOCC2)oc1C(=O)O. The van der Waals surface area contributed by atoms with Gasteiger partial charge in [0.2, 0.25) is 5.76 Å². The van der Waals surface area contributed by atoms with Gasteiger partial charge in [0.25, 0.3) is 0 Å². The van der Waals surface area contributed by atoms with Crippen LogP contribution in [0.4, 0.5) is 0 Å². The molecule has 0 amide bonds. The molecule has 1 aliphatic heterocycles. The molecule has 1 saturated heterocycles. The molecule has 2 heterocycles. The molecular weight excluding hydrogens is 226 g/mol. The zero-order valence-electron chi connectivity index (χ0n) is 9.64. The smallest absolute Gasteiger partial charge is 0.373 e. The van der Waals surface area contributed by atoms with Crippen LogP contribution < -0.4 is 0 Å². The molecule has 1 fully saturated rings. The van der Waals surface area contributed by atoms with E-state index in [1.165, 1.54) is 7.11 Å². The van der Waals surface area contributed by atoms with Gasteiger partial charge < -0.3 is 19.0 Å². The topological polar surface area (TPSA) is 81.8 Å².